The summed E-state index contributed by atoms with van der Waals surface area (Å²) >= 11 is 6.00. The van der Waals surface area contributed by atoms with E-state index in [0.717, 1.165) is 25.1 Å². The molecule has 0 aliphatic carbocycles. The third kappa shape index (κ3) is 4.23. The number of hydrogen-bond acceptors (Lipinski definition) is 5. The number of likely N-dealkylation sites (tertiary alicyclic amines) is 1. The van der Waals surface area contributed by atoms with Gasteiger partial charge in [0.15, 0.2) is 0 Å². The number of halogens is 2. The zero-order valence-electron chi connectivity index (χ0n) is 13.3. The van der Waals surface area contributed by atoms with Crippen LogP contribution in [0, 0.1) is 5.41 Å². The molecule has 7 heteroatoms. The number of nitrogens with zero attached hydrogens (tertiary/aromatic N) is 3. The topological polar surface area (TPSA) is 68.2 Å². The maximum absolute atomic E-state index is 6.17. The summed E-state index contributed by atoms with van der Waals surface area (Å²) in [4.78, 5) is 6.79. The molecule has 1 saturated heterocycles. The van der Waals surface area contributed by atoms with E-state index in [2.05, 4.69) is 28.9 Å². The first kappa shape index (κ1) is 18.2. The Morgan fingerprint density at radius 3 is 2.91 bits per heavy atom. The SMILES string of the molecule is CC1(C)CN(Cc2nc(-c3cccc(Cl)c3)no2)CCC1N.Cl. The third-order valence-electron chi connectivity index (χ3n) is 4.30. The van der Waals surface area contributed by atoms with Crippen molar-refractivity contribution in [3.05, 3.63) is 35.2 Å². The maximum Gasteiger partial charge on any atom is 0.241 e. The number of nitrogens with two attached hydrogens (primary N) is 1. The molecule has 0 spiro atoms. The minimum Gasteiger partial charge on any atom is -0.338 e. The summed E-state index contributed by atoms with van der Waals surface area (Å²) in [5, 5.41) is 4.71. The van der Waals surface area contributed by atoms with Gasteiger partial charge in [-0.15, -0.1) is 12.4 Å². The van der Waals surface area contributed by atoms with Crippen molar-refractivity contribution >= 4 is 24.0 Å². The van der Waals surface area contributed by atoms with Gasteiger partial charge in [-0.25, -0.2) is 0 Å². The van der Waals surface area contributed by atoms with Crippen LogP contribution in [0.15, 0.2) is 28.8 Å². The molecule has 2 N–H and O–H groups in total. The maximum atomic E-state index is 6.17. The smallest absolute Gasteiger partial charge is 0.241 e. The molecule has 5 nitrogen and oxygen atoms in total. The first-order valence-electron chi connectivity index (χ1n) is 7.50. The van der Waals surface area contributed by atoms with Crippen LogP contribution < -0.4 is 5.73 Å². The molecule has 2 aromatic rings. The van der Waals surface area contributed by atoms with E-state index in [0.29, 0.717) is 23.3 Å². The van der Waals surface area contributed by atoms with Gasteiger partial charge in [0.25, 0.3) is 0 Å². The first-order valence-corrected chi connectivity index (χ1v) is 7.88. The van der Waals surface area contributed by atoms with Gasteiger partial charge in [0, 0.05) is 29.7 Å². The minimum absolute atomic E-state index is 0. The highest BCUT2D eigenvalue weighted by Crippen LogP contribution is 2.28. The summed E-state index contributed by atoms with van der Waals surface area (Å²) < 4.78 is 5.38. The van der Waals surface area contributed by atoms with Crippen molar-refractivity contribution in [3.63, 3.8) is 0 Å². The average Bonchev–Trinajstić information content (AvgIpc) is 2.91. The van der Waals surface area contributed by atoms with Gasteiger partial charge in [0.1, 0.15) is 0 Å². The molecule has 0 saturated carbocycles. The molecule has 0 bridgehead atoms. The van der Waals surface area contributed by atoms with Crippen LogP contribution in [0.25, 0.3) is 11.4 Å². The lowest BCUT2D eigenvalue weighted by molar-refractivity contribution is 0.0811. The van der Waals surface area contributed by atoms with Gasteiger partial charge in [0.2, 0.25) is 11.7 Å². The van der Waals surface area contributed by atoms with Gasteiger partial charge >= 0.3 is 0 Å². The van der Waals surface area contributed by atoms with Crippen molar-refractivity contribution in [1.29, 1.82) is 0 Å². The number of aromatic nitrogens is 2. The Hall–Kier alpha value is -1.14. The lowest BCUT2D eigenvalue weighted by atomic mass is 9.80. The summed E-state index contributed by atoms with van der Waals surface area (Å²) in [6.07, 6.45) is 0.988. The van der Waals surface area contributed by atoms with Gasteiger partial charge < -0.3 is 10.3 Å². The fourth-order valence-corrected chi connectivity index (χ4v) is 3.07. The first-order chi connectivity index (χ1) is 10.4. The van der Waals surface area contributed by atoms with Gasteiger partial charge in [-0.1, -0.05) is 42.7 Å². The third-order valence-corrected chi connectivity index (χ3v) is 4.54. The van der Waals surface area contributed by atoms with Crippen LogP contribution in [-0.2, 0) is 6.54 Å². The van der Waals surface area contributed by atoms with Crippen LogP contribution in [0.4, 0.5) is 0 Å². The summed E-state index contributed by atoms with van der Waals surface area (Å²) in [5.74, 6) is 1.20. The second-order valence-electron chi connectivity index (χ2n) is 6.62. The summed E-state index contributed by atoms with van der Waals surface area (Å²) in [6, 6.07) is 7.70. The van der Waals surface area contributed by atoms with Crippen molar-refractivity contribution in [3.8, 4) is 11.4 Å². The van der Waals surface area contributed by atoms with Crippen LogP contribution in [0.1, 0.15) is 26.2 Å². The van der Waals surface area contributed by atoms with E-state index < -0.39 is 0 Å². The normalized spacial score (nSPS) is 21.0. The van der Waals surface area contributed by atoms with E-state index in [1.165, 1.54) is 0 Å². The number of piperidine rings is 1. The van der Waals surface area contributed by atoms with Crippen LogP contribution >= 0.6 is 24.0 Å². The second-order valence-corrected chi connectivity index (χ2v) is 7.05. The lowest BCUT2D eigenvalue weighted by Crippen LogP contribution is -2.52. The Bertz CT molecular complexity index is 659. The van der Waals surface area contributed by atoms with Crippen LogP contribution in [0.2, 0.25) is 5.02 Å². The molecule has 0 radical (unpaired) electrons. The number of rotatable bonds is 3. The number of hydrogen-bond donors (Lipinski definition) is 1. The molecule has 2 heterocycles. The van der Waals surface area contributed by atoms with Gasteiger partial charge in [-0.3, -0.25) is 4.90 Å². The Balaban J connectivity index is 0.00000192. The molecule has 1 unspecified atom stereocenters. The molecule has 0 amide bonds. The van der Waals surface area contributed by atoms with E-state index in [1.54, 1.807) is 0 Å². The fraction of sp³-hybridized carbons (Fsp3) is 0.500. The monoisotopic (exact) mass is 356 g/mol. The summed E-state index contributed by atoms with van der Waals surface area (Å²) in [7, 11) is 0. The summed E-state index contributed by atoms with van der Waals surface area (Å²) in [6.45, 7) is 6.95. The second kappa shape index (κ2) is 7.18. The van der Waals surface area contributed by atoms with E-state index in [-0.39, 0.29) is 23.9 Å². The average molecular weight is 357 g/mol. The largest absolute Gasteiger partial charge is 0.338 e. The lowest BCUT2D eigenvalue weighted by Gasteiger charge is -2.42. The quantitative estimate of drug-likeness (QED) is 0.912. The Labute approximate surface area is 147 Å². The van der Waals surface area contributed by atoms with Crippen molar-refractivity contribution in [2.45, 2.75) is 32.9 Å². The van der Waals surface area contributed by atoms with E-state index >= 15 is 0 Å². The molecule has 23 heavy (non-hydrogen) atoms. The minimum atomic E-state index is 0. The van der Waals surface area contributed by atoms with Crippen LogP contribution in [0.5, 0.6) is 0 Å². The Morgan fingerprint density at radius 1 is 1.43 bits per heavy atom. The molecular weight excluding hydrogens is 335 g/mol. The van der Waals surface area contributed by atoms with Gasteiger partial charge in [-0.2, -0.15) is 4.98 Å². The van der Waals surface area contributed by atoms with E-state index in [1.807, 2.05) is 24.3 Å². The Morgan fingerprint density at radius 2 is 2.22 bits per heavy atom. The van der Waals surface area contributed by atoms with Crippen LogP contribution in [-0.4, -0.2) is 34.2 Å². The van der Waals surface area contributed by atoms with E-state index in [9.17, 15) is 0 Å². The van der Waals surface area contributed by atoms with Crippen molar-refractivity contribution in [1.82, 2.24) is 15.0 Å². The molecule has 1 aromatic carbocycles. The molecule has 3 rings (SSSR count). The molecule has 1 atom stereocenters. The van der Waals surface area contributed by atoms with Crippen molar-refractivity contribution in [2.24, 2.45) is 11.1 Å². The highest BCUT2D eigenvalue weighted by atomic mass is 35.5. The fourth-order valence-electron chi connectivity index (χ4n) is 2.88. The molecule has 1 aliphatic rings. The highest BCUT2D eigenvalue weighted by molar-refractivity contribution is 6.30. The Kier molecular flexibility index (Phi) is 5.68. The molecule has 1 aliphatic heterocycles. The molecule has 1 aromatic heterocycles. The number of benzene rings is 1. The predicted molar refractivity (Wildman–Crippen MR) is 93.6 cm³/mol. The standard InChI is InChI=1S/C16H21ClN4O.ClH/c1-16(2)10-21(7-6-13(16)18)9-14-19-15(20-22-14)11-4-3-5-12(17)8-11;/h3-5,8,13H,6-7,9-10,18H2,1-2H3;1H. The molecular formula is C16H22Cl2N4O. The summed E-state index contributed by atoms with van der Waals surface area (Å²) in [5.41, 5.74) is 7.14. The van der Waals surface area contributed by atoms with E-state index in [4.69, 9.17) is 21.9 Å². The van der Waals surface area contributed by atoms with Crippen LogP contribution in [0.3, 0.4) is 0 Å². The highest BCUT2D eigenvalue weighted by Gasteiger charge is 2.33. The predicted octanol–water partition coefficient (Wildman–Crippen LogP) is 3.37. The zero-order valence-corrected chi connectivity index (χ0v) is 14.9. The van der Waals surface area contributed by atoms with Gasteiger partial charge in [0.05, 0.1) is 6.54 Å². The van der Waals surface area contributed by atoms with Gasteiger partial charge in [-0.05, 0) is 24.0 Å². The van der Waals surface area contributed by atoms with Crippen molar-refractivity contribution in [2.75, 3.05) is 13.1 Å². The molecule has 1 fully saturated rings. The molecule has 126 valence electrons. The zero-order chi connectivity index (χ0) is 15.7. The van der Waals surface area contributed by atoms with Crippen molar-refractivity contribution < 1.29 is 4.52 Å².